The fourth-order valence-electron chi connectivity index (χ4n) is 3.00. The molecular weight excluding hydrogens is 372 g/mol. The van der Waals surface area contributed by atoms with Gasteiger partial charge in [0, 0.05) is 6.42 Å². The summed E-state index contributed by atoms with van der Waals surface area (Å²) in [4.78, 5) is 40.8. The zero-order valence-corrected chi connectivity index (χ0v) is 15.4. The van der Waals surface area contributed by atoms with Crippen LogP contribution in [0.3, 0.4) is 0 Å². The summed E-state index contributed by atoms with van der Waals surface area (Å²) in [7, 11) is 0. The highest BCUT2D eigenvalue weighted by Gasteiger charge is 2.10. The number of benzene rings is 2. The summed E-state index contributed by atoms with van der Waals surface area (Å²) in [5.74, 6) is -0.173. The van der Waals surface area contributed by atoms with Gasteiger partial charge >= 0.3 is 0 Å². The van der Waals surface area contributed by atoms with Crippen molar-refractivity contribution in [1.29, 1.82) is 0 Å². The molecule has 0 saturated heterocycles. The Balaban J connectivity index is 1.40. The molecule has 0 aliphatic heterocycles. The van der Waals surface area contributed by atoms with Crippen molar-refractivity contribution in [3.63, 3.8) is 0 Å². The van der Waals surface area contributed by atoms with Crippen molar-refractivity contribution in [2.75, 3.05) is 5.32 Å². The molecule has 29 heavy (non-hydrogen) atoms. The zero-order valence-electron chi connectivity index (χ0n) is 15.4. The maximum Gasteiger partial charge on any atom is 0.273 e. The summed E-state index contributed by atoms with van der Waals surface area (Å²) in [5.41, 5.74) is 0.343. The normalized spacial score (nSPS) is 10.9. The van der Waals surface area contributed by atoms with Crippen molar-refractivity contribution < 1.29 is 4.79 Å². The van der Waals surface area contributed by atoms with Crippen molar-refractivity contribution in [2.45, 2.75) is 19.5 Å². The van der Waals surface area contributed by atoms with Gasteiger partial charge in [0.05, 0.1) is 23.9 Å². The van der Waals surface area contributed by atoms with Crippen LogP contribution in [-0.4, -0.2) is 30.5 Å². The Bertz CT molecular complexity index is 1270. The number of amides is 1. The molecule has 9 heteroatoms. The molecule has 0 fully saturated rings. The second kappa shape index (κ2) is 7.93. The average molecular weight is 390 g/mol. The van der Waals surface area contributed by atoms with Gasteiger partial charge in [-0.15, -0.1) is 5.10 Å². The molecule has 2 N–H and O–H groups in total. The van der Waals surface area contributed by atoms with Crippen LogP contribution in [0.2, 0.25) is 0 Å². The molecule has 1 amide bonds. The van der Waals surface area contributed by atoms with E-state index in [1.165, 1.54) is 6.33 Å². The summed E-state index contributed by atoms with van der Waals surface area (Å²) in [6.45, 7) is 0.576. The molecule has 0 unspecified atom stereocenters. The molecular formula is C20H18N6O3. The zero-order chi connectivity index (χ0) is 20.2. The third-order valence-electron chi connectivity index (χ3n) is 4.42. The molecule has 0 bridgehead atoms. The minimum atomic E-state index is -0.373. The lowest BCUT2D eigenvalue weighted by Gasteiger charge is -2.06. The first-order valence-electron chi connectivity index (χ1n) is 9.05. The highest BCUT2D eigenvalue weighted by Crippen LogP contribution is 2.05. The number of anilines is 1. The molecule has 2 heterocycles. The number of nitrogens with zero attached hydrogens (tertiary/aromatic N) is 4. The van der Waals surface area contributed by atoms with Crippen LogP contribution in [0.15, 0.2) is 70.5 Å². The van der Waals surface area contributed by atoms with E-state index in [2.05, 4.69) is 20.5 Å². The first-order valence-corrected chi connectivity index (χ1v) is 9.05. The molecule has 0 radical (unpaired) electrons. The lowest BCUT2D eigenvalue weighted by Crippen LogP contribution is -2.31. The van der Waals surface area contributed by atoms with Gasteiger partial charge in [0.2, 0.25) is 11.9 Å². The van der Waals surface area contributed by atoms with Gasteiger partial charge in [0.25, 0.3) is 11.1 Å². The number of aromatic amines is 1. The smallest absolute Gasteiger partial charge is 0.273 e. The van der Waals surface area contributed by atoms with Crippen LogP contribution in [0.4, 0.5) is 5.95 Å². The van der Waals surface area contributed by atoms with Gasteiger partial charge in [-0.25, -0.2) is 14.3 Å². The van der Waals surface area contributed by atoms with Crippen LogP contribution in [0.1, 0.15) is 12.0 Å². The summed E-state index contributed by atoms with van der Waals surface area (Å²) in [5, 5.41) is 9.97. The second-order valence-corrected chi connectivity index (χ2v) is 6.49. The maximum absolute atomic E-state index is 12.5. The van der Waals surface area contributed by atoms with Gasteiger partial charge < -0.3 is 0 Å². The Morgan fingerprint density at radius 2 is 1.72 bits per heavy atom. The minimum absolute atomic E-state index is 0.0125. The number of aryl methyl sites for hydroxylation is 1. The number of carbonyl (C=O) groups excluding carboxylic acids is 1. The molecule has 9 nitrogen and oxygen atoms in total. The SMILES string of the molecule is O=C(CCn1[nH]c(=O)c2ccccc2c1=O)Nc1ncn(Cc2ccccc2)n1. The third-order valence-corrected chi connectivity index (χ3v) is 4.42. The van der Waals surface area contributed by atoms with E-state index in [9.17, 15) is 14.4 Å². The number of rotatable bonds is 6. The Morgan fingerprint density at radius 1 is 1.00 bits per heavy atom. The first-order chi connectivity index (χ1) is 14.1. The van der Waals surface area contributed by atoms with Crippen LogP contribution in [0.25, 0.3) is 10.8 Å². The van der Waals surface area contributed by atoms with E-state index in [0.29, 0.717) is 17.3 Å². The van der Waals surface area contributed by atoms with Crippen molar-refractivity contribution >= 4 is 22.6 Å². The van der Waals surface area contributed by atoms with Crippen LogP contribution in [0, 0.1) is 0 Å². The van der Waals surface area contributed by atoms with Gasteiger partial charge in [-0.1, -0.05) is 42.5 Å². The van der Waals surface area contributed by atoms with E-state index >= 15 is 0 Å². The molecule has 2 aromatic heterocycles. The molecule has 4 rings (SSSR count). The molecule has 0 spiro atoms. The van der Waals surface area contributed by atoms with Gasteiger partial charge in [0.15, 0.2) is 0 Å². The quantitative estimate of drug-likeness (QED) is 0.516. The molecule has 2 aromatic carbocycles. The Kier molecular flexibility index (Phi) is 5.02. The van der Waals surface area contributed by atoms with E-state index < -0.39 is 0 Å². The van der Waals surface area contributed by atoms with E-state index in [-0.39, 0.29) is 35.9 Å². The van der Waals surface area contributed by atoms with Crippen molar-refractivity contribution in [3.05, 3.63) is 87.2 Å². The van der Waals surface area contributed by atoms with Crippen molar-refractivity contribution in [3.8, 4) is 0 Å². The molecule has 0 aliphatic carbocycles. The Hall–Kier alpha value is -4.01. The number of nitrogens with one attached hydrogen (secondary N) is 2. The predicted molar refractivity (Wildman–Crippen MR) is 108 cm³/mol. The lowest BCUT2D eigenvalue weighted by molar-refractivity contribution is -0.116. The molecule has 146 valence electrons. The van der Waals surface area contributed by atoms with Gasteiger partial charge in [0.1, 0.15) is 6.33 Å². The fourth-order valence-corrected chi connectivity index (χ4v) is 3.00. The maximum atomic E-state index is 12.5. The van der Waals surface area contributed by atoms with Gasteiger partial charge in [-0.3, -0.25) is 24.8 Å². The Morgan fingerprint density at radius 3 is 2.52 bits per heavy atom. The summed E-state index contributed by atoms with van der Waals surface area (Å²) in [6.07, 6.45) is 1.52. The summed E-state index contributed by atoms with van der Waals surface area (Å²) >= 11 is 0. The number of fused-ring (bicyclic) bond motifs is 1. The number of hydrogen-bond acceptors (Lipinski definition) is 5. The van der Waals surface area contributed by atoms with E-state index in [1.807, 2.05) is 30.3 Å². The Labute approximate surface area is 164 Å². The van der Waals surface area contributed by atoms with Crippen LogP contribution < -0.4 is 16.4 Å². The van der Waals surface area contributed by atoms with Crippen molar-refractivity contribution in [1.82, 2.24) is 24.5 Å². The number of hydrogen-bond donors (Lipinski definition) is 2. The van der Waals surface area contributed by atoms with E-state index in [4.69, 9.17) is 0 Å². The molecule has 0 saturated carbocycles. The highest BCUT2D eigenvalue weighted by molar-refractivity contribution is 5.88. The van der Waals surface area contributed by atoms with E-state index in [1.54, 1.807) is 28.9 Å². The first kappa shape index (κ1) is 18.4. The standard InChI is InChI=1S/C20H18N6O3/c27-17(22-20-21-13-25(24-20)12-14-6-2-1-3-7-14)10-11-26-19(29)16-9-5-4-8-15(16)18(28)23-26/h1-9,13H,10-12H2,(H,23,28)(H,22,24,27). The lowest BCUT2D eigenvalue weighted by atomic mass is 10.2. The fraction of sp³-hybridized carbons (Fsp3) is 0.150. The molecule has 0 atom stereocenters. The van der Waals surface area contributed by atoms with Crippen LogP contribution in [-0.2, 0) is 17.9 Å². The number of H-pyrrole nitrogens is 1. The second-order valence-electron chi connectivity index (χ2n) is 6.49. The minimum Gasteiger partial charge on any atom is -0.293 e. The summed E-state index contributed by atoms with van der Waals surface area (Å²) in [6, 6.07) is 16.3. The molecule has 0 aliphatic rings. The largest absolute Gasteiger partial charge is 0.293 e. The van der Waals surface area contributed by atoms with Crippen molar-refractivity contribution in [2.24, 2.45) is 0 Å². The van der Waals surface area contributed by atoms with Gasteiger partial charge in [-0.05, 0) is 17.7 Å². The summed E-state index contributed by atoms with van der Waals surface area (Å²) < 4.78 is 2.77. The van der Waals surface area contributed by atoms with E-state index in [0.717, 1.165) is 10.2 Å². The average Bonchev–Trinajstić information content (AvgIpc) is 3.17. The predicted octanol–water partition coefficient (Wildman–Crippen LogP) is 1.36. The van der Waals surface area contributed by atoms with Gasteiger partial charge in [-0.2, -0.15) is 0 Å². The molecule has 4 aromatic rings. The van der Waals surface area contributed by atoms with Crippen LogP contribution in [0.5, 0.6) is 0 Å². The third kappa shape index (κ3) is 4.13. The topological polar surface area (TPSA) is 115 Å². The highest BCUT2D eigenvalue weighted by atomic mass is 16.2. The van der Waals surface area contributed by atoms with Crippen LogP contribution >= 0.6 is 0 Å². The monoisotopic (exact) mass is 390 g/mol. The number of aromatic nitrogens is 5. The number of carbonyl (C=O) groups is 1.